The van der Waals surface area contributed by atoms with Crippen molar-refractivity contribution in [3.05, 3.63) is 23.4 Å². The van der Waals surface area contributed by atoms with Crippen LogP contribution in [0.3, 0.4) is 0 Å². The lowest BCUT2D eigenvalue weighted by atomic mass is 9.84. The van der Waals surface area contributed by atoms with E-state index in [1.54, 1.807) is 0 Å². The van der Waals surface area contributed by atoms with Gasteiger partial charge in [-0.2, -0.15) is 0 Å². The second kappa shape index (κ2) is 5.27. The summed E-state index contributed by atoms with van der Waals surface area (Å²) in [6, 6.07) is 4.92. The van der Waals surface area contributed by atoms with Gasteiger partial charge in [-0.05, 0) is 56.2 Å². The SMILES string of the molecule is NCC1CCCCC1Nc1ccc2c(n1)CCC2. The standard InChI is InChI=1S/C15H23N3/c16-10-12-4-1-2-6-14(12)18-15-9-8-11-5-3-7-13(11)17-15/h8-9,12,14H,1-7,10,16H2,(H,17,18). The molecule has 3 N–H and O–H groups in total. The molecule has 1 saturated carbocycles. The zero-order valence-electron chi connectivity index (χ0n) is 11.0. The lowest BCUT2D eigenvalue weighted by Crippen LogP contribution is -2.37. The van der Waals surface area contributed by atoms with Crippen molar-refractivity contribution >= 4 is 5.82 Å². The van der Waals surface area contributed by atoms with Crippen molar-refractivity contribution in [2.24, 2.45) is 11.7 Å². The molecule has 2 atom stereocenters. The third-order valence-electron chi connectivity index (χ3n) is 4.47. The van der Waals surface area contributed by atoms with E-state index in [1.165, 1.54) is 49.8 Å². The van der Waals surface area contributed by atoms with E-state index in [9.17, 15) is 0 Å². The highest BCUT2D eigenvalue weighted by Gasteiger charge is 2.24. The number of rotatable bonds is 3. The van der Waals surface area contributed by atoms with Gasteiger partial charge in [0.05, 0.1) is 0 Å². The lowest BCUT2D eigenvalue weighted by molar-refractivity contribution is 0.332. The molecule has 0 saturated heterocycles. The fraction of sp³-hybridized carbons (Fsp3) is 0.667. The number of hydrogen-bond donors (Lipinski definition) is 2. The highest BCUT2D eigenvalue weighted by Crippen LogP contribution is 2.27. The number of fused-ring (bicyclic) bond motifs is 1. The normalized spacial score (nSPS) is 26.9. The van der Waals surface area contributed by atoms with Crippen LogP contribution in [0.1, 0.15) is 43.4 Å². The fourth-order valence-corrected chi connectivity index (χ4v) is 3.37. The molecule has 3 rings (SSSR count). The zero-order chi connectivity index (χ0) is 12.4. The summed E-state index contributed by atoms with van der Waals surface area (Å²) in [7, 11) is 0. The third kappa shape index (κ3) is 2.37. The molecule has 0 amide bonds. The molecule has 1 heterocycles. The minimum Gasteiger partial charge on any atom is -0.367 e. The van der Waals surface area contributed by atoms with E-state index >= 15 is 0 Å². The molecule has 18 heavy (non-hydrogen) atoms. The van der Waals surface area contributed by atoms with Crippen molar-refractivity contribution in [1.82, 2.24) is 4.98 Å². The maximum atomic E-state index is 5.88. The van der Waals surface area contributed by atoms with Gasteiger partial charge in [-0.3, -0.25) is 0 Å². The van der Waals surface area contributed by atoms with E-state index in [0.717, 1.165) is 18.8 Å². The molecule has 1 aromatic rings. The molecule has 3 heteroatoms. The van der Waals surface area contributed by atoms with E-state index in [0.29, 0.717) is 12.0 Å². The van der Waals surface area contributed by atoms with E-state index in [-0.39, 0.29) is 0 Å². The molecule has 2 aliphatic carbocycles. The van der Waals surface area contributed by atoms with Crippen LogP contribution < -0.4 is 11.1 Å². The zero-order valence-corrected chi connectivity index (χ0v) is 11.0. The molecule has 0 aromatic carbocycles. The van der Waals surface area contributed by atoms with E-state index < -0.39 is 0 Å². The Labute approximate surface area is 109 Å². The molecule has 0 bridgehead atoms. The maximum Gasteiger partial charge on any atom is 0.126 e. The van der Waals surface area contributed by atoms with Gasteiger partial charge in [-0.15, -0.1) is 0 Å². The number of hydrogen-bond acceptors (Lipinski definition) is 3. The van der Waals surface area contributed by atoms with Gasteiger partial charge in [0.15, 0.2) is 0 Å². The summed E-state index contributed by atoms with van der Waals surface area (Å²) >= 11 is 0. The number of nitrogens with one attached hydrogen (secondary N) is 1. The Hall–Kier alpha value is -1.09. The van der Waals surface area contributed by atoms with Crippen LogP contribution in [0.4, 0.5) is 5.82 Å². The van der Waals surface area contributed by atoms with Gasteiger partial charge in [0.1, 0.15) is 5.82 Å². The van der Waals surface area contributed by atoms with Crippen LogP contribution in [0.25, 0.3) is 0 Å². The van der Waals surface area contributed by atoms with Crippen LogP contribution in [-0.4, -0.2) is 17.6 Å². The quantitative estimate of drug-likeness (QED) is 0.860. The lowest BCUT2D eigenvalue weighted by Gasteiger charge is -2.31. The number of anilines is 1. The first-order chi connectivity index (χ1) is 8.86. The molecule has 98 valence electrons. The molecule has 0 aliphatic heterocycles. The smallest absolute Gasteiger partial charge is 0.126 e. The molecular formula is C15H23N3. The topological polar surface area (TPSA) is 50.9 Å². The van der Waals surface area contributed by atoms with Crippen molar-refractivity contribution < 1.29 is 0 Å². The van der Waals surface area contributed by atoms with Crippen LogP contribution in [-0.2, 0) is 12.8 Å². The molecule has 3 nitrogen and oxygen atoms in total. The predicted octanol–water partition coefficient (Wildman–Crippen LogP) is 2.50. The fourth-order valence-electron chi connectivity index (χ4n) is 3.37. The molecule has 0 spiro atoms. The van der Waals surface area contributed by atoms with Crippen LogP contribution in [0.5, 0.6) is 0 Å². The number of pyridine rings is 1. The van der Waals surface area contributed by atoms with Crippen molar-refractivity contribution in [1.29, 1.82) is 0 Å². The Kier molecular flexibility index (Phi) is 3.50. The van der Waals surface area contributed by atoms with Gasteiger partial charge in [-0.25, -0.2) is 4.98 Å². The van der Waals surface area contributed by atoms with E-state index in [2.05, 4.69) is 17.4 Å². The Morgan fingerprint density at radius 2 is 2.06 bits per heavy atom. The highest BCUT2D eigenvalue weighted by atomic mass is 15.0. The summed E-state index contributed by atoms with van der Waals surface area (Å²) < 4.78 is 0. The molecular weight excluding hydrogens is 222 g/mol. The van der Waals surface area contributed by atoms with Crippen LogP contribution in [0.15, 0.2) is 12.1 Å². The van der Waals surface area contributed by atoms with Gasteiger partial charge in [-0.1, -0.05) is 18.9 Å². The molecule has 1 aromatic heterocycles. The number of aromatic nitrogens is 1. The molecule has 2 unspecified atom stereocenters. The largest absolute Gasteiger partial charge is 0.367 e. The van der Waals surface area contributed by atoms with Crippen molar-refractivity contribution in [2.45, 2.75) is 51.0 Å². The summed E-state index contributed by atoms with van der Waals surface area (Å²) in [5, 5.41) is 3.62. The second-order valence-electron chi connectivity index (χ2n) is 5.69. The Morgan fingerprint density at radius 1 is 1.17 bits per heavy atom. The number of nitrogens with zero attached hydrogens (tertiary/aromatic N) is 1. The molecule has 1 fully saturated rings. The summed E-state index contributed by atoms with van der Waals surface area (Å²) in [5.41, 5.74) is 8.63. The second-order valence-corrected chi connectivity index (χ2v) is 5.69. The average Bonchev–Trinajstić information content (AvgIpc) is 2.87. The highest BCUT2D eigenvalue weighted by molar-refractivity contribution is 5.41. The van der Waals surface area contributed by atoms with Crippen LogP contribution in [0.2, 0.25) is 0 Å². The first-order valence-corrected chi connectivity index (χ1v) is 7.32. The molecule has 2 aliphatic rings. The summed E-state index contributed by atoms with van der Waals surface area (Å²) in [6.07, 6.45) is 8.77. The Bertz CT molecular complexity index is 416. The monoisotopic (exact) mass is 245 g/mol. The summed E-state index contributed by atoms with van der Waals surface area (Å²) in [5.74, 6) is 1.68. The third-order valence-corrected chi connectivity index (χ3v) is 4.47. The predicted molar refractivity (Wildman–Crippen MR) is 74.7 cm³/mol. The average molecular weight is 245 g/mol. The number of aryl methyl sites for hydroxylation is 2. The van der Waals surface area contributed by atoms with Crippen LogP contribution in [0, 0.1) is 5.92 Å². The maximum absolute atomic E-state index is 5.88. The van der Waals surface area contributed by atoms with Crippen molar-refractivity contribution in [2.75, 3.05) is 11.9 Å². The Balaban J connectivity index is 1.71. The van der Waals surface area contributed by atoms with Gasteiger partial charge >= 0.3 is 0 Å². The minimum atomic E-state index is 0.524. The van der Waals surface area contributed by atoms with E-state index in [4.69, 9.17) is 10.7 Å². The van der Waals surface area contributed by atoms with Gasteiger partial charge in [0.25, 0.3) is 0 Å². The van der Waals surface area contributed by atoms with Gasteiger partial charge in [0, 0.05) is 11.7 Å². The van der Waals surface area contributed by atoms with E-state index in [1.807, 2.05) is 0 Å². The summed E-state index contributed by atoms with van der Waals surface area (Å²) in [6.45, 7) is 0.794. The molecule has 0 radical (unpaired) electrons. The first kappa shape index (κ1) is 12.0. The minimum absolute atomic E-state index is 0.524. The van der Waals surface area contributed by atoms with Gasteiger partial charge < -0.3 is 11.1 Å². The van der Waals surface area contributed by atoms with Gasteiger partial charge in [0.2, 0.25) is 0 Å². The van der Waals surface area contributed by atoms with Crippen molar-refractivity contribution in [3.63, 3.8) is 0 Å². The van der Waals surface area contributed by atoms with Crippen LogP contribution >= 0.6 is 0 Å². The Morgan fingerprint density at radius 3 is 2.94 bits per heavy atom. The first-order valence-electron chi connectivity index (χ1n) is 7.32. The number of nitrogens with two attached hydrogens (primary N) is 1. The summed E-state index contributed by atoms with van der Waals surface area (Å²) in [4.78, 5) is 4.76. The van der Waals surface area contributed by atoms with Crippen molar-refractivity contribution in [3.8, 4) is 0 Å².